The Morgan fingerprint density at radius 3 is 2.61 bits per heavy atom. The number of aromatic nitrogens is 4. The molecule has 0 aliphatic rings. The van der Waals surface area contributed by atoms with Gasteiger partial charge in [-0.1, -0.05) is 15.9 Å². The van der Waals surface area contributed by atoms with Gasteiger partial charge in [0.1, 0.15) is 5.69 Å². The van der Waals surface area contributed by atoms with Gasteiger partial charge in [-0.05, 0) is 50.6 Å². The molecule has 3 rings (SSSR count). The first-order valence-electron chi connectivity index (χ1n) is 8.66. The van der Waals surface area contributed by atoms with E-state index in [0.29, 0.717) is 11.4 Å². The molecule has 0 aliphatic heterocycles. The zero-order valence-corrected chi connectivity index (χ0v) is 17.6. The van der Waals surface area contributed by atoms with E-state index in [-0.39, 0.29) is 18.1 Å². The van der Waals surface area contributed by atoms with Crippen LogP contribution in [0.2, 0.25) is 0 Å². The monoisotopic (exact) mass is 444 g/mol. The van der Waals surface area contributed by atoms with Crippen LogP contribution in [-0.4, -0.2) is 38.3 Å². The molecule has 0 aliphatic carbocycles. The summed E-state index contributed by atoms with van der Waals surface area (Å²) in [6.07, 6.45) is 0. The molecule has 9 heteroatoms. The van der Waals surface area contributed by atoms with Gasteiger partial charge in [0.25, 0.3) is 5.91 Å². The molecule has 8 nitrogen and oxygen atoms in total. The third-order valence-corrected chi connectivity index (χ3v) is 4.95. The number of amides is 2. The molecule has 0 spiro atoms. The number of carbonyl (C=O) groups is 2. The SMILES string of the molecule is Cc1cc(Br)ccc1NC(=O)CNC(=O)c1cc(-c2c(C)nn(C)c2C)n[nH]1. The first-order valence-corrected chi connectivity index (χ1v) is 9.45. The van der Waals surface area contributed by atoms with E-state index in [2.05, 4.69) is 41.9 Å². The Morgan fingerprint density at radius 2 is 1.96 bits per heavy atom. The number of hydrogen-bond acceptors (Lipinski definition) is 4. The van der Waals surface area contributed by atoms with Crippen LogP contribution >= 0.6 is 15.9 Å². The standard InChI is InChI=1S/C19H21BrN6O2/c1-10-7-13(20)5-6-14(10)22-17(27)9-21-19(28)16-8-15(23-24-16)18-11(2)25-26(4)12(18)3/h5-8H,9H2,1-4H3,(H,21,28)(H,22,27)(H,23,24). The van der Waals surface area contributed by atoms with Gasteiger partial charge in [0, 0.05) is 28.5 Å². The van der Waals surface area contributed by atoms with Gasteiger partial charge in [0.15, 0.2) is 0 Å². The van der Waals surface area contributed by atoms with Crippen molar-refractivity contribution in [1.82, 2.24) is 25.3 Å². The average Bonchev–Trinajstić information content (AvgIpc) is 3.20. The minimum absolute atomic E-state index is 0.145. The Kier molecular flexibility index (Phi) is 5.64. The summed E-state index contributed by atoms with van der Waals surface area (Å²) in [7, 11) is 1.86. The van der Waals surface area contributed by atoms with E-state index >= 15 is 0 Å². The number of carbonyl (C=O) groups excluding carboxylic acids is 2. The van der Waals surface area contributed by atoms with Crippen molar-refractivity contribution in [3.63, 3.8) is 0 Å². The van der Waals surface area contributed by atoms with Crippen LogP contribution in [-0.2, 0) is 11.8 Å². The number of hydrogen-bond donors (Lipinski definition) is 3. The molecule has 0 unspecified atom stereocenters. The van der Waals surface area contributed by atoms with Crippen molar-refractivity contribution in [2.75, 3.05) is 11.9 Å². The van der Waals surface area contributed by atoms with Crippen molar-refractivity contribution in [2.45, 2.75) is 20.8 Å². The van der Waals surface area contributed by atoms with Crippen LogP contribution in [0.15, 0.2) is 28.7 Å². The fourth-order valence-corrected chi connectivity index (χ4v) is 3.40. The second-order valence-corrected chi connectivity index (χ2v) is 7.44. The maximum absolute atomic E-state index is 12.3. The molecule has 0 atom stereocenters. The second-order valence-electron chi connectivity index (χ2n) is 6.53. The Morgan fingerprint density at radius 1 is 1.21 bits per heavy atom. The third kappa shape index (κ3) is 4.14. The Bertz CT molecular complexity index is 1050. The Hall–Kier alpha value is -2.94. The molecule has 2 amide bonds. The van der Waals surface area contributed by atoms with E-state index in [1.807, 2.05) is 40.0 Å². The molecular weight excluding hydrogens is 424 g/mol. The van der Waals surface area contributed by atoms with Gasteiger partial charge in [-0.2, -0.15) is 10.2 Å². The van der Waals surface area contributed by atoms with Gasteiger partial charge in [0.2, 0.25) is 5.91 Å². The molecule has 146 valence electrons. The smallest absolute Gasteiger partial charge is 0.269 e. The van der Waals surface area contributed by atoms with Gasteiger partial charge in [-0.3, -0.25) is 19.4 Å². The zero-order chi connectivity index (χ0) is 20.4. The molecule has 3 N–H and O–H groups in total. The van der Waals surface area contributed by atoms with E-state index in [1.165, 1.54) is 0 Å². The van der Waals surface area contributed by atoms with E-state index in [1.54, 1.807) is 16.8 Å². The van der Waals surface area contributed by atoms with Crippen molar-refractivity contribution in [2.24, 2.45) is 7.05 Å². The molecule has 0 radical (unpaired) electrons. The van der Waals surface area contributed by atoms with Crippen molar-refractivity contribution >= 4 is 33.4 Å². The maximum Gasteiger partial charge on any atom is 0.269 e. The minimum Gasteiger partial charge on any atom is -0.342 e. The van der Waals surface area contributed by atoms with Gasteiger partial charge >= 0.3 is 0 Å². The summed E-state index contributed by atoms with van der Waals surface area (Å²) in [6, 6.07) is 7.21. The minimum atomic E-state index is -0.402. The highest BCUT2D eigenvalue weighted by Crippen LogP contribution is 2.25. The lowest BCUT2D eigenvalue weighted by atomic mass is 10.1. The topological polar surface area (TPSA) is 105 Å². The number of nitrogens with zero attached hydrogens (tertiary/aromatic N) is 3. The highest BCUT2D eigenvalue weighted by atomic mass is 79.9. The number of anilines is 1. The van der Waals surface area contributed by atoms with Crippen molar-refractivity contribution in [3.05, 3.63) is 51.4 Å². The molecular formula is C19H21BrN6O2. The molecule has 0 fully saturated rings. The van der Waals surface area contributed by atoms with Gasteiger partial charge in [0.05, 0.1) is 17.9 Å². The Labute approximate surface area is 170 Å². The second kappa shape index (κ2) is 7.97. The number of benzene rings is 1. The predicted molar refractivity (Wildman–Crippen MR) is 110 cm³/mol. The Balaban J connectivity index is 1.62. The number of halogens is 1. The summed E-state index contributed by atoms with van der Waals surface area (Å²) in [5.41, 5.74) is 5.24. The molecule has 2 heterocycles. The number of rotatable bonds is 5. The maximum atomic E-state index is 12.3. The normalized spacial score (nSPS) is 10.8. The molecule has 28 heavy (non-hydrogen) atoms. The molecule has 3 aromatic rings. The molecule has 2 aromatic heterocycles. The van der Waals surface area contributed by atoms with Crippen molar-refractivity contribution in [1.29, 1.82) is 0 Å². The highest BCUT2D eigenvalue weighted by molar-refractivity contribution is 9.10. The summed E-state index contributed by atoms with van der Waals surface area (Å²) < 4.78 is 2.71. The largest absolute Gasteiger partial charge is 0.342 e. The fourth-order valence-electron chi connectivity index (χ4n) is 2.93. The summed E-state index contributed by atoms with van der Waals surface area (Å²) >= 11 is 3.38. The van der Waals surface area contributed by atoms with Crippen LogP contribution in [0.4, 0.5) is 5.69 Å². The van der Waals surface area contributed by atoms with Crippen LogP contribution in [0, 0.1) is 20.8 Å². The molecule has 0 saturated heterocycles. The van der Waals surface area contributed by atoms with Crippen molar-refractivity contribution < 1.29 is 9.59 Å². The van der Waals surface area contributed by atoms with Crippen LogP contribution in [0.1, 0.15) is 27.4 Å². The van der Waals surface area contributed by atoms with E-state index in [4.69, 9.17) is 0 Å². The number of aromatic amines is 1. The number of H-pyrrole nitrogens is 1. The lowest BCUT2D eigenvalue weighted by Crippen LogP contribution is -2.33. The van der Waals surface area contributed by atoms with Gasteiger partial charge in [-0.15, -0.1) is 0 Å². The first-order chi connectivity index (χ1) is 13.3. The zero-order valence-electron chi connectivity index (χ0n) is 16.1. The van der Waals surface area contributed by atoms with Crippen LogP contribution in [0.3, 0.4) is 0 Å². The van der Waals surface area contributed by atoms with Crippen LogP contribution in [0.5, 0.6) is 0 Å². The average molecular weight is 445 g/mol. The van der Waals surface area contributed by atoms with Crippen LogP contribution < -0.4 is 10.6 Å². The summed E-state index contributed by atoms with van der Waals surface area (Å²) in [5.74, 6) is -0.710. The van der Waals surface area contributed by atoms with Gasteiger partial charge in [-0.25, -0.2) is 0 Å². The lowest BCUT2D eigenvalue weighted by Gasteiger charge is -2.09. The quantitative estimate of drug-likeness (QED) is 0.562. The summed E-state index contributed by atoms with van der Waals surface area (Å²) in [4.78, 5) is 24.5. The van der Waals surface area contributed by atoms with Crippen molar-refractivity contribution in [3.8, 4) is 11.3 Å². The predicted octanol–water partition coefficient (Wildman–Crippen LogP) is 2.87. The highest BCUT2D eigenvalue weighted by Gasteiger charge is 2.17. The molecule has 0 saturated carbocycles. The van der Waals surface area contributed by atoms with Gasteiger partial charge < -0.3 is 10.6 Å². The first kappa shape index (κ1) is 19.8. The molecule has 1 aromatic carbocycles. The van der Waals surface area contributed by atoms with Crippen LogP contribution in [0.25, 0.3) is 11.3 Å². The summed E-state index contributed by atoms with van der Waals surface area (Å²) in [6.45, 7) is 5.59. The van der Waals surface area contributed by atoms with E-state index in [9.17, 15) is 9.59 Å². The number of aryl methyl sites for hydroxylation is 3. The number of nitrogens with one attached hydrogen (secondary N) is 3. The fraction of sp³-hybridized carbons (Fsp3) is 0.263. The third-order valence-electron chi connectivity index (χ3n) is 4.46. The molecule has 0 bridgehead atoms. The van der Waals surface area contributed by atoms with E-state index in [0.717, 1.165) is 27.0 Å². The lowest BCUT2D eigenvalue weighted by molar-refractivity contribution is -0.115. The summed E-state index contributed by atoms with van der Waals surface area (Å²) in [5, 5.41) is 16.7. The van der Waals surface area contributed by atoms with E-state index < -0.39 is 5.91 Å².